The molecule has 9 nitrogen and oxygen atoms in total. The SMILES string of the molecule is CCCCC1CN(CC2CCCCC2)C(=O)OC12CCN(C1CCN(C(=O)c3c(C)ccnc3C)CC1)CC2.O=C(O)C(F)(F)F. The number of aliphatic carboxylic acids is 1. The maximum absolute atomic E-state index is 13.3. The Labute approximate surface area is 270 Å². The van der Waals surface area contributed by atoms with E-state index in [1.54, 1.807) is 6.20 Å². The Morgan fingerprint density at radius 1 is 1.04 bits per heavy atom. The van der Waals surface area contributed by atoms with Crippen LogP contribution < -0.4 is 0 Å². The molecule has 258 valence electrons. The molecule has 46 heavy (non-hydrogen) atoms. The molecule has 1 saturated carbocycles. The maximum Gasteiger partial charge on any atom is 0.490 e. The van der Waals surface area contributed by atoms with Gasteiger partial charge in [-0.05, 0) is 63.5 Å². The molecule has 2 amide bonds. The number of nitrogens with zero attached hydrogens (tertiary/aromatic N) is 4. The van der Waals surface area contributed by atoms with Crippen LogP contribution in [0, 0.1) is 25.7 Å². The third-order valence-corrected chi connectivity index (χ3v) is 10.6. The van der Waals surface area contributed by atoms with Crippen molar-refractivity contribution >= 4 is 18.0 Å². The molecule has 1 unspecified atom stereocenters. The zero-order chi connectivity index (χ0) is 33.5. The minimum atomic E-state index is -5.08. The Morgan fingerprint density at radius 3 is 2.24 bits per heavy atom. The van der Waals surface area contributed by atoms with Gasteiger partial charge in [0.1, 0.15) is 5.60 Å². The summed E-state index contributed by atoms with van der Waals surface area (Å²) >= 11 is 0. The van der Waals surface area contributed by atoms with Crippen molar-refractivity contribution in [1.29, 1.82) is 0 Å². The Bertz CT molecular complexity index is 1170. The predicted octanol–water partition coefficient (Wildman–Crippen LogP) is 6.61. The summed E-state index contributed by atoms with van der Waals surface area (Å²) in [4.78, 5) is 46.5. The van der Waals surface area contributed by atoms with Crippen molar-refractivity contribution in [3.05, 3.63) is 29.1 Å². The first-order valence-electron chi connectivity index (χ1n) is 17.1. The van der Waals surface area contributed by atoms with Crippen LogP contribution >= 0.6 is 0 Å². The van der Waals surface area contributed by atoms with Crippen molar-refractivity contribution in [2.45, 2.75) is 116 Å². The normalized spacial score (nSPS) is 23.1. The molecule has 1 aromatic rings. The molecule has 1 aromatic heterocycles. The van der Waals surface area contributed by atoms with Gasteiger partial charge in [0.15, 0.2) is 0 Å². The van der Waals surface area contributed by atoms with Crippen molar-refractivity contribution in [2.75, 3.05) is 39.3 Å². The maximum atomic E-state index is 13.3. The number of halogens is 3. The number of amides is 2. The van der Waals surface area contributed by atoms with E-state index in [1.165, 1.54) is 44.9 Å². The van der Waals surface area contributed by atoms with E-state index in [-0.39, 0.29) is 17.6 Å². The largest absolute Gasteiger partial charge is 0.490 e. The fraction of sp³-hybridized carbons (Fsp3) is 0.765. The number of unbranched alkanes of at least 4 members (excludes halogenated alkanes) is 1. The zero-order valence-electron chi connectivity index (χ0n) is 27.6. The quantitative estimate of drug-likeness (QED) is 0.354. The van der Waals surface area contributed by atoms with Crippen molar-refractivity contribution in [2.24, 2.45) is 11.8 Å². The minimum absolute atomic E-state index is 0.0606. The lowest BCUT2D eigenvalue weighted by Gasteiger charge is -2.52. The summed E-state index contributed by atoms with van der Waals surface area (Å²) in [5, 5.41) is 7.12. The van der Waals surface area contributed by atoms with Gasteiger partial charge in [-0.15, -0.1) is 0 Å². The molecule has 0 aromatic carbocycles. The molecule has 4 aliphatic rings. The van der Waals surface area contributed by atoms with Crippen molar-refractivity contribution in [3.8, 4) is 0 Å². The van der Waals surface area contributed by atoms with Gasteiger partial charge in [-0.3, -0.25) is 14.7 Å². The number of ether oxygens (including phenoxy) is 1. The Morgan fingerprint density at radius 2 is 1.67 bits per heavy atom. The third kappa shape index (κ3) is 8.92. The standard InChI is InChI=1S/C32H50N4O3.C2HF3O2/c1-4-5-11-27-23-36(22-26-9-7-6-8-10-26)31(38)39-32(27)15-20-34(21-16-32)28-13-18-35(19-14-28)30(37)29-24(2)12-17-33-25(29)3;3-2(4,5)1(6)7/h12,17,26-28H,4-11,13-16,18-23H2,1-3H3;(H,6,7). The number of alkyl halides is 3. The molecule has 4 heterocycles. The van der Waals surface area contributed by atoms with Gasteiger partial charge >= 0.3 is 18.2 Å². The fourth-order valence-corrected chi connectivity index (χ4v) is 7.85. The summed E-state index contributed by atoms with van der Waals surface area (Å²) in [5.41, 5.74) is 2.30. The molecule has 3 saturated heterocycles. The lowest BCUT2D eigenvalue weighted by molar-refractivity contribution is -0.192. The van der Waals surface area contributed by atoms with Gasteiger partial charge in [0.05, 0.1) is 11.3 Å². The highest BCUT2D eigenvalue weighted by Crippen LogP contribution is 2.42. The van der Waals surface area contributed by atoms with Crippen LogP contribution in [0.5, 0.6) is 0 Å². The smallest absolute Gasteiger partial charge is 0.475 e. The molecule has 5 rings (SSSR count). The highest BCUT2D eigenvalue weighted by Gasteiger charge is 2.50. The van der Waals surface area contributed by atoms with E-state index < -0.39 is 12.1 Å². The number of carbonyl (C=O) groups excluding carboxylic acids is 2. The van der Waals surface area contributed by atoms with E-state index in [0.717, 1.165) is 88.2 Å². The summed E-state index contributed by atoms with van der Waals surface area (Å²) in [5.74, 6) is -1.55. The Balaban J connectivity index is 0.000000617. The van der Waals surface area contributed by atoms with Crippen molar-refractivity contribution < 1.29 is 37.4 Å². The van der Waals surface area contributed by atoms with Gasteiger partial charge in [-0.2, -0.15) is 13.2 Å². The lowest BCUT2D eigenvalue weighted by atomic mass is 9.75. The highest BCUT2D eigenvalue weighted by atomic mass is 19.4. The van der Waals surface area contributed by atoms with E-state index in [0.29, 0.717) is 17.9 Å². The summed E-state index contributed by atoms with van der Waals surface area (Å²) in [6, 6.07) is 2.43. The molecular formula is C34H51F3N4O5. The fourth-order valence-electron chi connectivity index (χ4n) is 7.85. The third-order valence-electron chi connectivity index (χ3n) is 10.6. The molecule has 0 radical (unpaired) electrons. The Hall–Kier alpha value is -2.89. The van der Waals surface area contributed by atoms with Crippen molar-refractivity contribution in [1.82, 2.24) is 19.7 Å². The molecule has 1 aliphatic carbocycles. The second-order valence-corrected chi connectivity index (χ2v) is 13.6. The van der Waals surface area contributed by atoms with Crippen LogP contribution in [0.25, 0.3) is 0 Å². The van der Waals surface area contributed by atoms with E-state index in [4.69, 9.17) is 14.6 Å². The van der Waals surface area contributed by atoms with Gasteiger partial charge in [0, 0.05) is 70.3 Å². The average molecular weight is 653 g/mol. The molecule has 1 atom stereocenters. The number of hydrogen-bond acceptors (Lipinski definition) is 6. The molecular weight excluding hydrogens is 601 g/mol. The summed E-state index contributed by atoms with van der Waals surface area (Å²) < 4.78 is 38.2. The summed E-state index contributed by atoms with van der Waals surface area (Å²) in [6.45, 7) is 11.5. The number of aromatic nitrogens is 1. The van der Waals surface area contributed by atoms with E-state index in [2.05, 4.69) is 21.7 Å². The molecule has 0 bridgehead atoms. The second kappa shape index (κ2) is 15.8. The van der Waals surface area contributed by atoms with Gasteiger partial charge < -0.3 is 19.6 Å². The lowest BCUT2D eigenvalue weighted by Crippen LogP contribution is -2.61. The summed E-state index contributed by atoms with van der Waals surface area (Å²) in [7, 11) is 0. The van der Waals surface area contributed by atoms with Crippen molar-refractivity contribution in [3.63, 3.8) is 0 Å². The Kier molecular flexibility index (Phi) is 12.4. The first-order chi connectivity index (χ1) is 21.8. The number of pyridine rings is 1. The topological polar surface area (TPSA) is 103 Å². The first kappa shape index (κ1) is 36.0. The van der Waals surface area contributed by atoms with E-state index >= 15 is 0 Å². The van der Waals surface area contributed by atoms with E-state index in [1.807, 2.05) is 24.8 Å². The van der Waals surface area contributed by atoms with Gasteiger partial charge in [-0.1, -0.05) is 39.0 Å². The monoisotopic (exact) mass is 652 g/mol. The number of aryl methyl sites for hydroxylation is 2. The molecule has 4 fully saturated rings. The number of carboxylic acid groups (broad SMARTS) is 1. The number of carboxylic acids is 1. The number of rotatable bonds is 7. The number of hydrogen-bond donors (Lipinski definition) is 1. The second-order valence-electron chi connectivity index (χ2n) is 13.6. The van der Waals surface area contributed by atoms with Crippen LogP contribution in [-0.4, -0.2) is 99.8 Å². The molecule has 1 N–H and O–H groups in total. The van der Waals surface area contributed by atoms with Crippen LogP contribution in [0.2, 0.25) is 0 Å². The van der Waals surface area contributed by atoms with Gasteiger partial charge in [0.25, 0.3) is 5.91 Å². The minimum Gasteiger partial charge on any atom is -0.475 e. The van der Waals surface area contributed by atoms with Crippen LogP contribution in [0.4, 0.5) is 18.0 Å². The summed E-state index contributed by atoms with van der Waals surface area (Å²) in [6.07, 6.45) is 10.5. The highest BCUT2D eigenvalue weighted by molar-refractivity contribution is 5.96. The molecule has 1 spiro atoms. The van der Waals surface area contributed by atoms with E-state index in [9.17, 15) is 22.8 Å². The van der Waals surface area contributed by atoms with Gasteiger partial charge in [0.2, 0.25) is 0 Å². The first-order valence-corrected chi connectivity index (χ1v) is 17.1. The number of piperidine rings is 2. The number of likely N-dealkylation sites (tertiary alicyclic amines) is 2. The average Bonchev–Trinajstić information content (AvgIpc) is 3.02. The molecule has 3 aliphatic heterocycles. The van der Waals surface area contributed by atoms with Crippen LogP contribution in [0.1, 0.15) is 106 Å². The molecule has 12 heteroatoms. The van der Waals surface area contributed by atoms with Gasteiger partial charge in [-0.25, -0.2) is 9.59 Å². The van der Waals surface area contributed by atoms with Crippen LogP contribution in [0.3, 0.4) is 0 Å². The van der Waals surface area contributed by atoms with Crippen LogP contribution in [-0.2, 0) is 9.53 Å². The predicted molar refractivity (Wildman–Crippen MR) is 168 cm³/mol. The zero-order valence-corrected chi connectivity index (χ0v) is 27.6. The van der Waals surface area contributed by atoms with Crippen LogP contribution in [0.15, 0.2) is 12.3 Å². The number of carbonyl (C=O) groups is 3.